The quantitative estimate of drug-likeness (QED) is 0.115. The van der Waals surface area contributed by atoms with E-state index in [0.717, 1.165) is 22.6 Å². The Morgan fingerprint density at radius 1 is 0.837 bits per heavy atom. The summed E-state index contributed by atoms with van der Waals surface area (Å²) in [5, 5.41) is 22.2. The first kappa shape index (κ1) is 31.3. The number of nitrogens with zero attached hydrogens (tertiary/aromatic N) is 3. The molecule has 14 heteroatoms. The molecule has 0 heterocycles. The van der Waals surface area contributed by atoms with Crippen LogP contribution in [-0.2, 0) is 23.1 Å². The number of halogens is 1. The summed E-state index contributed by atoms with van der Waals surface area (Å²) in [5.41, 5.74) is 0.125. The number of amides is 1. The molecule has 0 unspecified atom stereocenters. The zero-order chi connectivity index (χ0) is 31.0. The Bertz CT molecular complexity index is 1740. The fourth-order valence-electron chi connectivity index (χ4n) is 4.11. The fourth-order valence-corrected chi connectivity index (χ4v) is 6.02. The lowest BCUT2D eigenvalue weighted by atomic mass is 10.1. The van der Waals surface area contributed by atoms with Gasteiger partial charge in [-0.1, -0.05) is 42.5 Å². The van der Waals surface area contributed by atoms with E-state index in [2.05, 4.69) is 0 Å². The van der Waals surface area contributed by atoms with Crippen molar-refractivity contribution in [3.05, 3.63) is 140 Å². The highest BCUT2D eigenvalue weighted by atomic mass is 32.2. The van der Waals surface area contributed by atoms with Gasteiger partial charge in [0.25, 0.3) is 21.6 Å². The number of thioether (sulfide) groups is 1. The van der Waals surface area contributed by atoms with Crippen molar-refractivity contribution in [1.29, 1.82) is 0 Å². The minimum Gasteiger partial charge on any atom is -0.294 e. The molecule has 222 valence electrons. The maximum Gasteiger partial charge on any atom is 0.305 e. The van der Waals surface area contributed by atoms with Crippen molar-refractivity contribution >= 4 is 39.1 Å². The first-order chi connectivity index (χ1) is 20.5. The highest BCUT2D eigenvalue weighted by Crippen LogP contribution is 2.23. The van der Waals surface area contributed by atoms with Crippen molar-refractivity contribution in [3.63, 3.8) is 0 Å². The van der Waals surface area contributed by atoms with E-state index < -0.39 is 37.3 Å². The van der Waals surface area contributed by atoms with Crippen LogP contribution in [0.1, 0.15) is 21.5 Å². The molecule has 11 nitrogen and oxygen atoms in total. The van der Waals surface area contributed by atoms with Crippen molar-refractivity contribution in [3.8, 4) is 0 Å². The standard InChI is InChI=1S/C29H25FN4O7S2/c30-27-14-11-22(17-28(27)34(38)39)20-32(15-16-42-25-7-2-1-3-8-25)19-21-9-12-26(13-10-21)43(40,41)31-29(35)23-5-4-6-24(18-23)33(36)37/h1-14,17-18H,15-16,19-20H2,(H,31,35). The molecular formula is C29H25FN4O7S2. The second-order valence-electron chi connectivity index (χ2n) is 9.30. The molecule has 0 fully saturated rings. The van der Waals surface area contributed by atoms with E-state index in [-0.39, 0.29) is 22.7 Å². The van der Waals surface area contributed by atoms with E-state index in [4.69, 9.17) is 0 Å². The molecular weight excluding hydrogens is 599 g/mol. The van der Waals surface area contributed by atoms with Gasteiger partial charge in [-0.25, -0.2) is 13.1 Å². The van der Waals surface area contributed by atoms with Crippen LogP contribution in [0.25, 0.3) is 0 Å². The summed E-state index contributed by atoms with van der Waals surface area (Å²) in [6.45, 7) is 1.18. The summed E-state index contributed by atoms with van der Waals surface area (Å²) in [6, 6.07) is 24.0. The Balaban J connectivity index is 1.48. The molecule has 1 N–H and O–H groups in total. The van der Waals surface area contributed by atoms with E-state index >= 15 is 0 Å². The van der Waals surface area contributed by atoms with Gasteiger partial charge in [-0.3, -0.25) is 29.9 Å². The first-order valence-electron chi connectivity index (χ1n) is 12.8. The number of hydrogen-bond donors (Lipinski definition) is 1. The van der Waals surface area contributed by atoms with Gasteiger partial charge in [-0.15, -0.1) is 11.8 Å². The average Bonchev–Trinajstić information content (AvgIpc) is 2.98. The lowest BCUT2D eigenvalue weighted by Crippen LogP contribution is -2.30. The molecule has 0 atom stereocenters. The van der Waals surface area contributed by atoms with Gasteiger partial charge in [0.15, 0.2) is 0 Å². The number of rotatable bonds is 13. The largest absolute Gasteiger partial charge is 0.305 e. The number of nitro benzene ring substituents is 2. The van der Waals surface area contributed by atoms with Crippen LogP contribution in [0.15, 0.2) is 107 Å². The topological polar surface area (TPSA) is 153 Å². The number of sulfonamides is 1. The van der Waals surface area contributed by atoms with Gasteiger partial charge in [0.1, 0.15) is 0 Å². The normalized spacial score (nSPS) is 11.3. The number of nitro groups is 2. The first-order valence-corrected chi connectivity index (χ1v) is 15.2. The maximum atomic E-state index is 13.9. The summed E-state index contributed by atoms with van der Waals surface area (Å²) in [4.78, 5) is 36.1. The molecule has 0 aromatic heterocycles. The minimum atomic E-state index is -4.28. The van der Waals surface area contributed by atoms with E-state index in [1.54, 1.807) is 23.9 Å². The van der Waals surface area contributed by atoms with Crippen LogP contribution >= 0.6 is 11.8 Å². The summed E-state index contributed by atoms with van der Waals surface area (Å²) >= 11 is 1.63. The van der Waals surface area contributed by atoms with E-state index in [9.17, 15) is 37.8 Å². The Morgan fingerprint density at radius 2 is 1.51 bits per heavy atom. The predicted molar refractivity (Wildman–Crippen MR) is 159 cm³/mol. The molecule has 0 radical (unpaired) electrons. The van der Waals surface area contributed by atoms with Gasteiger partial charge in [-0.2, -0.15) is 4.39 Å². The van der Waals surface area contributed by atoms with Crippen LogP contribution in [0.4, 0.5) is 15.8 Å². The van der Waals surface area contributed by atoms with Crippen LogP contribution in [0.2, 0.25) is 0 Å². The summed E-state index contributed by atoms with van der Waals surface area (Å²) in [7, 11) is -4.28. The molecule has 0 saturated heterocycles. The minimum absolute atomic E-state index is 0.181. The zero-order valence-corrected chi connectivity index (χ0v) is 24.1. The van der Waals surface area contributed by atoms with Crippen LogP contribution in [0.3, 0.4) is 0 Å². The van der Waals surface area contributed by atoms with Crippen LogP contribution in [0, 0.1) is 26.0 Å². The van der Waals surface area contributed by atoms with Crippen molar-refractivity contribution in [1.82, 2.24) is 9.62 Å². The lowest BCUT2D eigenvalue weighted by molar-refractivity contribution is -0.387. The number of hydrogen-bond acceptors (Lipinski definition) is 9. The van der Waals surface area contributed by atoms with Gasteiger partial charge in [-0.05, 0) is 47.5 Å². The third-order valence-electron chi connectivity index (χ3n) is 6.22. The van der Waals surface area contributed by atoms with Crippen molar-refractivity contribution in [2.75, 3.05) is 12.3 Å². The van der Waals surface area contributed by atoms with Gasteiger partial charge in [0.2, 0.25) is 5.82 Å². The average molecular weight is 625 g/mol. The molecule has 0 bridgehead atoms. The molecule has 4 rings (SSSR count). The van der Waals surface area contributed by atoms with Crippen LogP contribution < -0.4 is 4.72 Å². The third-order valence-corrected chi connectivity index (χ3v) is 8.56. The van der Waals surface area contributed by atoms with Crippen LogP contribution in [0.5, 0.6) is 0 Å². The molecule has 43 heavy (non-hydrogen) atoms. The number of carbonyl (C=O) groups is 1. The molecule has 0 spiro atoms. The monoisotopic (exact) mass is 624 g/mol. The smallest absolute Gasteiger partial charge is 0.294 e. The number of nitrogens with one attached hydrogen (secondary N) is 1. The number of carbonyl (C=O) groups excluding carboxylic acids is 1. The maximum absolute atomic E-state index is 13.9. The molecule has 1 amide bonds. The van der Waals surface area contributed by atoms with E-state index in [1.165, 1.54) is 42.5 Å². The van der Waals surface area contributed by atoms with Crippen molar-refractivity contribution < 1.29 is 27.4 Å². The Morgan fingerprint density at radius 3 is 2.19 bits per heavy atom. The molecule has 0 aliphatic carbocycles. The van der Waals surface area contributed by atoms with Crippen molar-refractivity contribution in [2.45, 2.75) is 22.9 Å². The molecule has 0 saturated carbocycles. The lowest BCUT2D eigenvalue weighted by Gasteiger charge is -2.22. The SMILES string of the molecule is O=C(NS(=O)(=O)c1ccc(CN(CCSc2ccccc2)Cc2ccc(F)c([N+](=O)[O-])c2)cc1)c1cccc([N+](=O)[O-])c1. The number of benzene rings is 4. The molecule has 4 aromatic rings. The predicted octanol–water partition coefficient (Wildman–Crippen LogP) is 5.56. The van der Waals surface area contributed by atoms with Gasteiger partial charge in [0, 0.05) is 54.0 Å². The Labute approximate surface area is 250 Å². The zero-order valence-electron chi connectivity index (χ0n) is 22.5. The molecule has 4 aromatic carbocycles. The van der Waals surface area contributed by atoms with Gasteiger partial charge < -0.3 is 0 Å². The van der Waals surface area contributed by atoms with Gasteiger partial charge in [0.05, 0.1) is 14.7 Å². The highest BCUT2D eigenvalue weighted by Gasteiger charge is 2.21. The second-order valence-corrected chi connectivity index (χ2v) is 12.2. The van der Waals surface area contributed by atoms with Crippen molar-refractivity contribution in [2.24, 2.45) is 0 Å². The second kappa shape index (κ2) is 14.0. The molecule has 0 aliphatic heterocycles. The van der Waals surface area contributed by atoms with E-state index in [0.29, 0.717) is 24.4 Å². The highest BCUT2D eigenvalue weighted by molar-refractivity contribution is 7.99. The third kappa shape index (κ3) is 8.67. The van der Waals surface area contributed by atoms with E-state index in [1.807, 2.05) is 40.0 Å². The van der Waals surface area contributed by atoms with Crippen LogP contribution in [-0.4, -0.2) is 41.4 Å². The summed E-state index contributed by atoms with van der Waals surface area (Å²) < 4.78 is 41.5. The Kier molecular flexibility index (Phi) is 10.2. The summed E-state index contributed by atoms with van der Waals surface area (Å²) in [6.07, 6.45) is 0. The molecule has 0 aliphatic rings. The van der Waals surface area contributed by atoms with Gasteiger partial charge >= 0.3 is 5.69 Å². The Hall–Kier alpha value is -4.66. The summed E-state index contributed by atoms with van der Waals surface area (Å²) in [5.74, 6) is -1.25. The number of non-ortho nitro benzene ring substituents is 1. The fraction of sp³-hybridized carbons (Fsp3) is 0.138.